The van der Waals surface area contributed by atoms with Gasteiger partial charge in [-0.15, -0.1) is 16.8 Å². The number of hydrogen-bond acceptors (Lipinski definition) is 5. The van der Waals surface area contributed by atoms with Crippen LogP contribution in [0.15, 0.2) is 91.0 Å². The van der Waals surface area contributed by atoms with E-state index in [4.69, 9.17) is 4.84 Å². The molecule has 0 unspecified atom stereocenters. The van der Waals surface area contributed by atoms with Gasteiger partial charge in [0.05, 0.1) is 4.75 Å². The molecule has 0 atom stereocenters. The number of unbranched alkanes of at least 4 members (excludes halogenated alkanes) is 3. The molecule has 4 rings (SSSR count). The van der Waals surface area contributed by atoms with E-state index in [1.54, 1.807) is 0 Å². The lowest BCUT2D eigenvalue weighted by Gasteiger charge is -2.35. The Bertz CT molecular complexity index is 1040. The molecule has 36 heavy (non-hydrogen) atoms. The lowest BCUT2D eigenvalue weighted by atomic mass is 9.84. The van der Waals surface area contributed by atoms with Gasteiger partial charge in [-0.05, 0) is 35.3 Å². The minimum Gasteiger partial charge on any atom is -0.330 e. The van der Waals surface area contributed by atoms with Gasteiger partial charge in [-0.3, -0.25) is 9.59 Å². The van der Waals surface area contributed by atoms with Crippen molar-refractivity contribution >= 4 is 29.5 Å². The average molecular weight is 502 g/mol. The number of nitrogens with zero attached hydrogens (tertiary/aromatic N) is 1. The molecule has 0 radical (unpaired) electrons. The molecule has 186 valence electrons. The minimum atomic E-state index is -0.524. The van der Waals surface area contributed by atoms with Crippen LogP contribution in [0.1, 0.15) is 61.6 Å². The highest BCUT2D eigenvalue weighted by Gasteiger charge is 2.36. The number of carbonyl (C=O) groups excluding carboxylic acids is 3. The van der Waals surface area contributed by atoms with Gasteiger partial charge in [-0.25, -0.2) is 4.79 Å². The molecule has 2 amide bonds. The monoisotopic (exact) mass is 501 g/mol. The van der Waals surface area contributed by atoms with Crippen LogP contribution in [0.4, 0.5) is 0 Å². The van der Waals surface area contributed by atoms with E-state index in [0.717, 1.165) is 25.0 Å². The van der Waals surface area contributed by atoms with Crippen LogP contribution < -0.4 is 0 Å². The zero-order valence-corrected chi connectivity index (χ0v) is 21.1. The number of benzene rings is 3. The maximum atomic E-state index is 12.0. The van der Waals surface area contributed by atoms with Gasteiger partial charge in [0.25, 0.3) is 11.8 Å². The van der Waals surface area contributed by atoms with Gasteiger partial charge >= 0.3 is 5.97 Å². The Morgan fingerprint density at radius 3 is 1.61 bits per heavy atom. The lowest BCUT2D eigenvalue weighted by molar-refractivity contribution is -0.197. The first-order chi connectivity index (χ1) is 17.6. The fourth-order valence-corrected chi connectivity index (χ4v) is 6.09. The number of hydroxylamine groups is 2. The Hall–Kier alpha value is -3.38. The Balaban J connectivity index is 1.35. The van der Waals surface area contributed by atoms with Crippen molar-refractivity contribution in [3.05, 3.63) is 108 Å². The van der Waals surface area contributed by atoms with E-state index in [1.165, 1.54) is 16.7 Å². The van der Waals surface area contributed by atoms with E-state index in [0.29, 0.717) is 11.5 Å². The Morgan fingerprint density at radius 2 is 1.14 bits per heavy atom. The molecule has 3 aromatic carbocycles. The predicted octanol–water partition coefficient (Wildman–Crippen LogP) is 6.27. The summed E-state index contributed by atoms with van der Waals surface area (Å²) in [6.07, 6.45) is 3.97. The van der Waals surface area contributed by atoms with E-state index in [1.807, 2.05) is 11.8 Å². The number of amides is 2. The van der Waals surface area contributed by atoms with Gasteiger partial charge < -0.3 is 4.84 Å². The zero-order chi connectivity index (χ0) is 25.2. The molecule has 0 bridgehead atoms. The Morgan fingerprint density at radius 1 is 0.694 bits per heavy atom. The number of carbonyl (C=O) groups is 3. The first kappa shape index (κ1) is 25.7. The fraction of sp³-hybridized carbons (Fsp3) is 0.300. The summed E-state index contributed by atoms with van der Waals surface area (Å²) in [5.41, 5.74) is 3.75. The van der Waals surface area contributed by atoms with E-state index < -0.39 is 17.8 Å². The molecule has 5 nitrogen and oxygen atoms in total. The quantitative estimate of drug-likeness (QED) is 0.166. The van der Waals surface area contributed by atoms with Crippen molar-refractivity contribution in [2.75, 3.05) is 5.75 Å². The molecule has 1 fully saturated rings. The summed E-state index contributed by atoms with van der Waals surface area (Å²) in [4.78, 5) is 40.1. The maximum absolute atomic E-state index is 12.0. The number of thioether (sulfide) groups is 1. The summed E-state index contributed by atoms with van der Waals surface area (Å²) < 4.78 is -0.317. The Kier molecular flexibility index (Phi) is 8.95. The molecule has 3 aromatic rings. The van der Waals surface area contributed by atoms with Gasteiger partial charge in [-0.1, -0.05) is 104 Å². The van der Waals surface area contributed by atoms with E-state index >= 15 is 0 Å². The number of hydrogen-bond donors (Lipinski definition) is 0. The maximum Gasteiger partial charge on any atom is 0.333 e. The molecule has 1 aliphatic heterocycles. The lowest BCUT2D eigenvalue weighted by Crippen LogP contribution is -2.31. The molecule has 1 saturated heterocycles. The van der Waals surface area contributed by atoms with Crippen molar-refractivity contribution in [2.45, 2.75) is 49.7 Å². The van der Waals surface area contributed by atoms with E-state index in [-0.39, 0.29) is 24.0 Å². The van der Waals surface area contributed by atoms with Crippen LogP contribution in [0.5, 0.6) is 0 Å². The third-order valence-corrected chi connectivity index (χ3v) is 7.97. The predicted molar refractivity (Wildman–Crippen MR) is 142 cm³/mol. The summed E-state index contributed by atoms with van der Waals surface area (Å²) in [6.45, 7) is 0. The van der Waals surface area contributed by atoms with Crippen molar-refractivity contribution < 1.29 is 19.2 Å². The van der Waals surface area contributed by atoms with Crippen LogP contribution in [-0.4, -0.2) is 28.6 Å². The molecule has 1 aliphatic rings. The largest absolute Gasteiger partial charge is 0.333 e. The highest BCUT2D eigenvalue weighted by molar-refractivity contribution is 8.00. The molecule has 0 aliphatic carbocycles. The molecule has 0 spiro atoms. The average Bonchev–Trinajstić information content (AvgIpc) is 3.24. The Labute approximate surface area is 216 Å². The summed E-state index contributed by atoms with van der Waals surface area (Å²) in [6, 6.07) is 31.9. The van der Waals surface area contributed by atoms with E-state index in [2.05, 4.69) is 91.0 Å². The van der Waals surface area contributed by atoms with Crippen molar-refractivity contribution in [2.24, 2.45) is 0 Å². The summed E-state index contributed by atoms with van der Waals surface area (Å²) in [7, 11) is 0. The van der Waals surface area contributed by atoms with Crippen LogP contribution in [0.3, 0.4) is 0 Å². The standard InChI is InChI=1S/C30H31NO4S/c32-27-21-22-28(33)31(27)35-29(34)20-12-1-2-13-23-36-30(24-14-6-3-7-15-24,25-16-8-4-9-17-25)26-18-10-5-11-19-26/h3-11,14-19H,1-2,12-13,20-23H2. The van der Waals surface area contributed by atoms with Gasteiger partial charge in [-0.2, -0.15) is 0 Å². The van der Waals surface area contributed by atoms with Crippen molar-refractivity contribution in [3.8, 4) is 0 Å². The van der Waals surface area contributed by atoms with Crippen LogP contribution in [0.25, 0.3) is 0 Å². The van der Waals surface area contributed by atoms with E-state index in [9.17, 15) is 14.4 Å². The summed E-state index contributed by atoms with van der Waals surface area (Å²) in [5, 5.41) is 0.620. The van der Waals surface area contributed by atoms with Gasteiger partial charge in [0.2, 0.25) is 0 Å². The van der Waals surface area contributed by atoms with Crippen LogP contribution in [0.2, 0.25) is 0 Å². The zero-order valence-electron chi connectivity index (χ0n) is 20.3. The number of rotatable bonds is 12. The summed E-state index contributed by atoms with van der Waals surface area (Å²) >= 11 is 1.94. The smallest absolute Gasteiger partial charge is 0.330 e. The first-order valence-corrected chi connectivity index (χ1v) is 13.5. The normalized spacial score (nSPS) is 13.7. The highest BCUT2D eigenvalue weighted by atomic mass is 32.2. The molecular weight excluding hydrogens is 470 g/mol. The van der Waals surface area contributed by atoms with Gasteiger partial charge in [0.1, 0.15) is 0 Å². The highest BCUT2D eigenvalue weighted by Crippen LogP contribution is 2.48. The minimum absolute atomic E-state index is 0.111. The van der Waals surface area contributed by atoms with Crippen LogP contribution in [0, 0.1) is 0 Å². The topological polar surface area (TPSA) is 63.7 Å². The fourth-order valence-electron chi connectivity index (χ4n) is 4.52. The van der Waals surface area contributed by atoms with Crippen LogP contribution >= 0.6 is 11.8 Å². The molecular formula is C30H31NO4S. The van der Waals surface area contributed by atoms with Crippen LogP contribution in [-0.2, 0) is 24.0 Å². The molecule has 0 N–H and O–H groups in total. The van der Waals surface area contributed by atoms with Gasteiger partial charge in [0.15, 0.2) is 0 Å². The van der Waals surface area contributed by atoms with Crippen molar-refractivity contribution in [1.82, 2.24) is 5.06 Å². The van der Waals surface area contributed by atoms with Crippen molar-refractivity contribution in [1.29, 1.82) is 0 Å². The first-order valence-electron chi connectivity index (χ1n) is 12.5. The molecule has 0 saturated carbocycles. The second kappa shape index (κ2) is 12.5. The molecule has 1 heterocycles. The number of imide groups is 1. The SMILES string of the molecule is O=C(CCCCCCSC(c1ccccc1)(c1ccccc1)c1ccccc1)ON1C(=O)CCC1=O. The third-order valence-electron chi connectivity index (χ3n) is 6.33. The second-order valence-electron chi connectivity index (χ2n) is 8.84. The summed E-state index contributed by atoms with van der Waals surface area (Å²) in [5.74, 6) is -0.447. The second-order valence-corrected chi connectivity index (χ2v) is 10.1. The third kappa shape index (κ3) is 6.05. The van der Waals surface area contributed by atoms with Crippen molar-refractivity contribution in [3.63, 3.8) is 0 Å². The van der Waals surface area contributed by atoms with Gasteiger partial charge in [0, 0.05) is 19.3 Å². The molecule has 6 heteroatoms. The molecule has 0 aromatic heterocycles.